The maximum Gasteiger partial charge on any atom is 0.261 e. The molecule has 1 N–H and O–H groups in total. The predicted molar refractivity (Wildman–Crippen MR) is 103 cm³/mol. The summed E-state index contributed by atoms with van der Waals surface area (Å²) in [6.45, 7) is 0.217. The second-order valence-corrected chi connectivity index (χ2v) is 7.15. The van der Waals surface area contributed by atoms with Gasteiger partial charge in [0.2, 0.25) is 5.91 Å². The van der Waals surface area contributed by atoms with E-state index in [1.54, 1.807) is 30.3 Å². The number of halogens is 3. The van der Waals surface area contributed by atoms with Gasteiger partial charge in [-0.1, -0.05) is 39.1 Å². The van der Waals surface area contributed by atoms with Gasteiger partial charge in [-0.25, -0.2) is 4.98 Å². The first kappa shape index (κ1) is 17.9. The maximum absolute atomic E-state index is 12.5. The molecule has 8 heteroatoms. The van der Waals surface area contributed by atoms with Gasteiger partial charge in [0.05, 0.1) is 17.2 Å². The molecule has 3 rings (SSSR count). The SMILES string of the molecule is O=C(CCn1cnc2ccc(Br)cc2c1=O)Nc1cc(Cl)cc(Cl)c1. The van der Waals surface area contributed by atoms with Crippen molar-refractivity contribution in [3.05, 3.63) is 67.6 Å². The number of aromatic nitrogens is 2. The number of hydrogen-bond donors (Lipinski definition) is 1. The van der Waals surface area contributed by atoms with Gasteiger partial charge in [0.25, 0.3) is 5.56 Å². The zero-order valence-electron chi connectivity index (χ0n) is 12.8. The lowest BCUT2D eigenvalue weighted by atomic mass is 10.2. The van der Waals surface area contributed by atoms with E-state index in [4.69, 9.17) is 23.2 Å². The minimum absolute atomic E-state index is 0.116. The summed E-state index contributed by atoms with van der Waals surface area (Å²) in [5.74, 6) is -0.250. The largest absolute Gasteiger partial charge is 0.326 e. The average Bonchev–Trinajstić information content (AvgIpc) is 2.54. The first-order valence-corrected chi connectivity index (χ1v) is 8.88. The zero-order valence-corrected chi connectivity index (χ0v) is 15.9. The van der Waals surface area contributed by atoms with Crippen LogP contribution in [-0.4, -0.2) is 15.5 Å². The van der Waals surface area contributed by atoms with E-state index >= 15 is 0 Å². The number of aryl methyl sites for hydroxylation is 1. The van der Waals surface area contributed by atoms with E-state index in [9.17, 15) is 9.59 Å². The minimum Gasteiger partial charge on any atom is -0.326 e. The summed E-state index contributed by atoms with van der Waals surface area (Å²) in [5.41, 5.74) is 0.933. The minimum atomic E-state index is -0.250. The summed E-state index contributed by atoms with van der Waals surface area (Å²) in [7, 11) is 0. The third-order valence-electron chi connectivity index (χ3n) is 3.51. The molecule has 2 aromatic carbocycles. The second-order valence-electron chi connectivity index (χ2n) is 5.36. The lowest BCUT2D eigenvalue weighted by Gasteiger charge is -2.08. The van der Waals surface area contributed by atoms with E-state index in [1.165, 1.54) is 10.9 Å². The van der Waals surface area contributed by atoms with E-state index < -0.39 is 0 Å². The average molecular weight is 441 g/mol. The smallest absolute Gasteiger partial charge is 0.261 e. The molecule has 0 aliphatic heterocycles. The number of rotatable bonds is 4. The van der Waals surface area contributed by atoms with Crippen molar-refractivity contribution in [3.63, 3.8) is 0 Å². The third kappa shape index (κ3) is 4.39. The lowest BCUT2D eigenvalue weighted by Crippen LogP contribution is -2.23. The number of anilines is 1. The molecule has 1 amide bonds. The normalized spacial score (nSPS) is 10.8. The number of nitrogens with one attached hydrogen (secondary N) is 1. The van der Waals surface area contributed by atoms with E-state index in [1.807, 2.05) is 6.07 Å². The van der Waals surface area contributed by atoms with Gasteiger partial charge in [-0.15, -0.1) is 0 Å². The Hall–Kier alpha value is -1.89. The maximum atomic E-state index is 12.5. The van der Waals surface area contributed by atoms with Crippen molar-refractivity contribution in [2.45, 2.75) is 13.0 Å². The van der Waals surface area contributed by atoms with Gasteiger partial charge < -0.3 is 5.32 Å². The molecular weight excluding hydrogens is 429 g/mol. The van der Waals surface area contributed by atoms with Crippen LogP contribution in [0.4, 0.5) is 5.69 Å². The van der Waals surface area contributed by atoms with Crippen molar-refractivity contribution in [1.82, 2.24) is 9.55 Å². The van der Waals surface area contributed by atoms with Crippen LogP contribution in [0.15, 0.2) is 52.0 Å². The van der Waals surface area contributed by atoms with Crippen LogP contribution in [-0.2, 0) is 11.3 Å². The fraction of sp³-hybridized carbons (Fsp3) is 0.118. The van der Waals surface area contributed by atoms with Crippen LogP contribution in [0.1, 0.15) is 6.42 Å². The highest BCUT2D eigenvalue weighted by Gasteiger charge is 2.08. The van der Waals surface area contributed by atoms with Crippen LogP contribution in [0.5, 0.6) is 0 Å². The zero-order chi connectivity index (χ0) is 18.0. The fourth-order valence-electron chi connectivity index (χ4n) is 2.36. The fourth-order valence-corrected chi connectivity index (χ4v) is 3.25. The molecule has 3 aromatic rings. The van der Waals surface area contributed by atoms with Gasteiger partial charge in [-0.05, 0) is 36.4 Å². The lowest BCUT2D eigenvalue weighted by molar-refractivity contribution is -0.116. The number of amides is 1. The van der Waals surface area contributed by atoms with Gasteiger partial charge in [0.15, 0.2) is 0 Å². The molecule has 128 valence electrons. The molecular formula is C17H12BrCl2N3O2. The van der Waals surface area contributed by atoms with Crippen LogP contribution in [0.2, 0.25) is 10.0 Å². The third-order valence-corrected chi connectivity index (χ3v) is 4.44. The summed E-state index contributed by atoms with van der Waals surface area (Å²) >= 11 is 15.1. The van der Waals surface area contributed by atoms with Crippen LogP contribution in [0.3, 0.4) is 0 Å². The Morgan fingerprint density at radius 3 is 2.60 bits per heavy atom. The quantitative estimate of drug-likeness (QED) is 0.649. The molecule has 0 unspecified atom stereocenters. The molecule has 0 atom stereocenters. The van der Waals surface area contributed by atoms with E-state index in [2.05, 4.69) is 26.2 Å². The Balaban J connectivity index is 1.73. The van der Waals surface area contributed by atoms with Gasteiger partial charge in [-0.2, -0.15) is 0 Å². The number of carbonyl (C=O) groups excluding carboxylic acids is 1. The summed E-state index contributed by atoms with van der Waals surface area (Å²) in [5, 5.41) is 4.07. The Morgan fingerprint density at radius 2 is 1.88 bits per heavy atom. The van der Waals surface area contributed by atoms with Crippen molar-refractivity contribution in [1.29, 1.82) is 0 Å². The molecule has 0 aliphatic rings. The molecule has 25 heavy (non-hydrogen) atoms. The Kier molecular flexibility index (Phi) is 5.42. The van der Waals surface area contributed by atoms with Gasteiger partial charge in [0, 0.05) is 33.2 Å². The molecule has 0 bridgehead atoms. The Morgan fingerprint density at radius 1 is 1.16 bits per heavy atom. The molecule has 0 aliphatic carbocycles. The highest BCUT2D eigenvalue weighted by molar-refractivity contribution is 9.10. The molecule has 5 nitrogen and oxygen atoms in total. The Bertz CT molecular complexity index is 1000. The summed E-state index contributed by atoms with van der Waals surface area (Å²) in [6, 6.07) is 10.1. The van der Waals surface area contributed by atoms with Crippen molar-refractivity contribution in [2.24, 2.45) is 0 Å². The van der Waals surface area contributed by atoms with E-state index in [-0.39, 0.29) is 24.4 Å². The molecule has 0 fully saturated rings. The van der Waals surface area contributed by atoms with Crippen molar-refractivity contribution in [2.75, 3.05) is 5.32 Å². The van der Waals surface area contributed by atoms with Crippen molar-refractivity contribution in [3.8, 4) is 0 Å². The number of benzene rings is 2. The Labute approximate surface area is 161 Å². The molecule has 0 radical (unpaired) electrons. The molecule has 1 heterocycles. The number of carbonyl (C=O) groups is 1. The van der Waals surface area contributed by atoms with E-state index in [0.29, 0.717) is 26.6 Å². The number of fused-ring (bicyclic) bond motifs is 1. The number of hydrogen-bond acceptors (Lipinski definition) is 3. The molecule has 0 saturated carbocycles. The summed E-state index contributed by atoms with van der Waals surface area (Å²) < 4.78 is 2.21. The standard InChI is InChI=1S/C17H12BrCl2N3O2/c18-10-1-2-15-14(5-10)17(25)23(9-21-15)4-3-16(24)22-13-7-11(19)6-12(20)8-13/h1-2,5-9H,3-4H2,(H,22,24). The van der Waals surface area contributed by atoms with Crippen LogP contribution < -0.4 is 10.9 Å². The van der Waals surface area contributed by atoms with E-state index in [0.717, 1.165) is 4.47 Å². The highest BCUT2D eigenvalue weighted by Crippen LogP contribution is 2.22. The van der Waals surface area contributed by atoms with Gasteiger partial charge in [-0.3, -0.25) is 14.2 Å². The topological polar surface area (TPSA) is 64.0 Å². The number of nitrogens with zero attached hydrogens (tertiary/aromatic N) is 2. The molecule has 1 aromatic heterocycles. The molecule has 0 spiro atoms. The highest BCUT2D eigenvalue weighted by atomic mass is 79.9. The first-order valence-electron chi connectivity index (χ1n) is 7.33. The van der Waals surface area contributed by atoms with Gasteiger partial charge >= 0.3 is 0 Å². The first-order chi connectivity index (χ1) is 11.9. The van der Waals surface area contributed by atoms with Crippen LogP contribution in [0, 0.1) is 0 Å². The van der Waals surface area contributed by atoms with Crippen LogP contribution in [0.25, 0.3) is 10.9 Å². The van der Waals surface area contributed by atoms with Crippen molar-refractivity contribution < 1.29 is 4.79 Å². The monoisotopic (exact) mass is 439 g/mol. The van der Waals surface area contributed by atoms with Gasteiger partial charge in [0.1, 0.15) is 0 Å². The second kappa shape index (κ2) is 7.56. The van der Waals surface area contributed by atoms with Crippen LogP contribution >= 0.6 is 39.1 Å². The summed E-state index contributed by atoms with van der Waals surface area (Å²) in [4.78, 5) is 28.8. The molecule has 0 saturated heterocycles. The van der Waals surface area contributed by atoms with Crippen molar-refractivity contribution >= 4 is 61.6 Å². The summed E-state index contributed by atoms with van der Waals surface area (Å²) in [6.07, 6.45) is 1.56. The predicted octanol–water partition coefficient (Wildman–Crippen LogP) is 4.49.